The summed E-state index contributed by atoms with van der Waals surface area (Å²) in [5, 5.41) is 0. The van der Waals surface area contributed by atoms with Gasteiger partial charge in [0.15, 0.2) is 17.3 Å². The van der Waals surface area contributed by atoms with Crippen LogP contribution in [0.4, 0.5) is 4.39 Å². The summed E-state index contributed by atoms with van der Waals surface area (Å²) in [4.78, 5) is 2.49. The molecule has 2 aromatic carbocycles. The number of hydrogen-bond donors (Lipinski definition) is 1. The van der Waals surface area contributed by atoms with Crippen molar-refractivity contribution in [3.05, 3.63) is 59.4 Å². The molecule has 0 aromatic heterocycles. The van der Waals surface area contributed by atoms with Gasteiger partial charge in [0.2, 0.25) is 0 Å². The molecule has 2 N–H and O–H groups in total. The van der Waals surface area contributed by atoms with E-state index in [1.54, 1.807) is 19.2 Å². The molecule has 1 aliphatic carbocycles. The molecule has 2 atom stereocenters. The first kappa shape index (κ1) is 18.3. The van der Waals surface area contributed by atoms with Crippen LogP contribution >= 0.6 is 0 Å². The maximum absolute atomic E-state index is 14.5. The highest BCUT2D eigenvalue weighted by molar-refractivity contribution is 5.43. The Hall–Kier alpha value is -2.11. The van der Waals surface area contributed by atoms with Crippen LogP contribution in [0, 0.1) is 11.7 Å². The second-order valence-electron chi connectivity index (χ2n) is 7.50. The largest absolute Gasteiger partial charge is 0.493 e. The number of rotatable bonds is 5. The van der Waals surface area contributed by atoms with Crippen molar-refractivity contribution < 1.29 is 13.9 Å². The molecule has 1 saturated heterocycles. The van der Waals surface area contributed by atoms with Gasteiger partial charge in [-0.15, -0.1) is 0 Å². The molecule has 2 aliphatic rings. The molecule has 27 heavy (non-hydrogen) atoms. The lowest BCUT2D eigenvalue weighted by molar-refractivity contribution is 0.0503. The topological polar surface area (TPSA) is 47.7 Å². The Morgan fingerprint density at radius 1 is 1.11 bits per heavy atom. The third-order valence-electron chi connectivity index (χ3n) is 5.99. The zero-order chi connectivity index (χ0) is 18.8. The van der Waals surface area contributed by atoms with Gasteiger partial charge in [0, 0.05) is 0 Å². The summed E-state index contributed by atoms with van der Waals surface area (Å²) < 4.78 is 26.1. The summed E-state index contributed by atoms with van der Waals surface area (Å²) in [5.41, 5.74) is 8.28. The molecule has 0 amide bonds. The summed E-state index contributed by atoms with van der Waals surface area (Å²) in [6, 6.07) is 13.3. The van der Waals surface area contributed by atoms with Crippen LogP contribution in [-0.2, 0) is 6.42 Å². The molecular weight excluding hydrogens is 343 g/mol. The van der Waals surface area contributed by atoms with Gasteiger partial charge in [0.25, 0.3) is 0 Å². The quantitative estimate of drug-likeness (QED) is 0.874. The van der Waals surface area contributed by atoms with Crippen LogP contribution in [0.5, 0.6) is 11.5 Å². The van der Waals surface area contributed by atoms with E-state index < -0.39 is 0 Å². The molecular formula is C22H27FN2O2. The first-order valence-corrected chi connectivity index (χ1v) is 9.72. The van der Waals surface area contributed by atoms with Crippen molar-refractivity contribution in [2.24, 2.45) is 11.7 Å². The Labute approximate surface area is 160 Å². The summed E-state index contributed by atoms with van der Waals surface area (Å²) in [6.45, 7) is 2.77. The molecule has 144 valence electrons. The number of nitrogens with two attached hydrogens (primary N) is 1. The van der Waals surface area contributed by atoms with Gasteiger partial charge >= 0.3 is 0 Å². The van der Waals surface area contributed by atoms with Crippen LogP contribution in [0.3, 0.4) is 0 Å². The van der Waals surface area contributed by atoms with Crippen molar-refractivity contribution in [1.82, 2.24) is 4.90 Å². The second-order valence-corrected chi connectivity index (χ2v) is 7.50. The second kappa shape index (κ2) is 7.87. The van der Waals surface area contributed by atoms with Crippen LogP contribution in [-0.4, -0.2) is 37.7 Å². The molecule has 0 radical (unpaired) electrons. The number of benzene rings is 2. The summed E-state index contributed by atoms with van der Waals surface area (Å²) in [7, 11) is 1.54. The van der Waals surface area contributed by atoms with E-state index in [0.717, 1.165) is 44.5 Å². The van der Waals surface area contributed by atoms with Crippen molar-refractivity contribution in [2.45, 2.75) is 31.4 Å². The maximum Gasteiger partial charge on any atom is 0.197 e. The molecule has 2 aromatic rings. The highest BCUT2D eigenvalue weighted by Crippen LogP contribution is 2.42. The monoisotopic (exact) mass is 370 g/mol. The minimum Gasteiger partial charge on any atom is -0.493 e. The van der Waals surface area contributed by atoms with E-state index in [-0.39, 0.29) is 23.7 Å². The Balaban J connectivity index is 1.63. The third kappa shape index (κ3) is 3.54. The fourth-order valence-electron chi connectivity index (χ4n) is 4.41. The van der Waals surface area contributed by atoms with E-state index in [0.29, 0.717) is 11.7 Å². The van der Waals surface area contributed by atoms with Crippen LogP contribution in [0.25, 0.3) is 0 Å². The van der Waals surface area contributed by atoms with Crippen molar-refractivity contribution in [1.29, 1.82) is 0 Å². The number of nitrogens with zero attached hydrogens (tertiary/aromatic N) is 1. The highest BCUT2D eigenvalue weighted by atomic mass is 19.1. The van der Waals surface area contributed by atoms with Gasteiger partial charge in [-0.3, -0.25) is 4.90 Å². The average Bonchev–Trinajstić information content (AvgIpc) is 3.08. The number of methoxy groups -OCH3 is 1. The van der Waals surface area contributed by atoms with E-state index in [2.05, 4.69) is 23.1 Å². The molecule has 0 saturated carbocycles. The van der Waals surface area contributed by atoms with E-state index in [4.69, 9.17) is 15.2 Å². The van der Waals surface area contributed by atoms with Crippen molar-refractivity contribution >= 4 is 0 Å². The molecule has 0 bridgehead atoms. The number of piperidine rings is 1. The molecule has 1 heterocycles. The maximum atomic E-state index is 14.5. The van der Waals surface area contributed by atoms with Gasteiger partial charge in [-0.1, -0.05) is 30.3 Å². The average molecular weight is 370 g/mol. The smallest absolute Gasteiger partial charge is 0.197 e. The number of fused-ring (bicyclic) bond motifs is 1. The standard InChI is InChI=1S/C22H27FN2O2/c1-26-20-8-4-7-18(23)22(20)27-21-17-6-3-2-5-16(17)13-19(21)25-11-9-15(14-24)10-12-25/h2-8,15,19,21H,9-14,24H2,1H3/t19-,21-/m1/s1. The lowest BCUT2D eigenvalue weighted by Gasteiger charge is -2.38. The predicted octanol–water partition coefficient (Wildman–Crippen LogP) is 3.55. The minimum atomic E-state index is -0.390. The van der Waals surface area contributed by atoms with Gasteiger partial charge in [0.1, 0.15) is 6.10 Å². The Bertz CT molecular complexity index is 790. The molecule has 4 nitrogen and oxygen atoms in total. The van der Waals surface area contributed by atoms with E-state index in [9.17, 15) is 4.39 Å². The molecule has 4 rings (SSSR count). The summed E-state index contributed by atoms with van der Waals surface area (Å²) in [5.74, 6) is 0.846. The lowest BCUT2D eigenvalue weighted by atomic mass is 9.95. The molecule has 0 spiro atoms. The first-order valence-electron chi connectivity index (χ1n) is 9.72. The van der Waals surface area contributed by atoms with Gasteiger partial charge in [-0.2, -0.15) is 0 Å². The number of hydrogen-bond acceptors (Lipinski definition) is 4. The predicted molar refractivity (Wildman–Crippen MR) is 104 cm³/mol. The van der Waals surface area contributed by atoms with Crippen LogP contribution in [0.2, 0.25) is 0 Å². The van der Waals surface area contributed by atoms with E-state index in [1.807, 2.05) is 6.07 Å². The van der Waals surface area contributed by atoms with Crippen molar-refractivity contribution in [2.75, 3.05) is 26.7 Å². The molecule has 0 unspecified atom stereocenters. The van der Waals surface area contributed by atoms with Crippen LogP contribution < -0.4 is 15.2 Å². The van der Waals surface area contributed by atoms with Gasteiger partial charge in [-0.05, 0) is 68.1 Å². The fourth-order valence-corrected chi connectivity index (χ4v) is 4.41. The Morgan fingerprint density at radius 2 is 1.89 bits per heavy atom. The SMILES string of the molecule is COc1cccc(F)c1O[C@@H]1c2ccccc2C[C@H]1N1CCC(CN)CC1. The third-order valence-corrected chi connectivity index (χ3v) is 5.99. The number of halogens is 1. The Morgan fingerprint density at radius 3 is 2.63 bits per heavy atom. The number of ether oxygens (including phenoxy) is 2. The van der Waals surface area contributed by atoms with Crippen molar-refractivity contribution in [3.63, 3.8) is 0 Å². The molecule has 5 heteroatoms. The fraction of sp³-hybridized carbons (Fsp3) is 0.455. The van der Waals surface area contributed by atoms with Crippen LogP contribution in [0.1, 0.15) is 30.1 Å². The normalized spacial score (nSPS) is 23.2. The zero-order valence-electron chi connectivity index (χ0n) is 15.7. The lowest BCUT2D eigenvalue weighted by Crippen LogP contribution is -2.45. The van der Waals surface area contributed by atoms with Gasteiger partial charge in [-0.25, -0.2) is 4.39 Å². The Kier molecular flexibility index (Phi) is 5.32. The van der Waals surface area contributed by atoms with Crippen LogP contribution in [0.15, 0.2) is 42.5 Å². The summed E-state index contributed by atoms with van der Waals surface area (Å²) in [6.07, 6.45) is 2.93. The summed E-state index contributed by atoms with van der Waals surface area (Å²) >= 11 is 0. The van der Waals surface area contributed by atoms with Gasteiger partial charge in [0.05, 0.1) is 13.2 Å². The minimum absolute atomic E-state index is 0.198. The zero-order valence-corrected chi connectivity index (χ0v) is 15.7. The van der Waals surface area contributed by atoms with Crippen molar-refractivity contribution in [3.8, 4) is 11.5 Å². The number of para-hydroxylation sites is 1. The molecule has 1 fully saturated rings. The number of likely N-dealkylation sites (tertiary alicyclic amines) is 1. The van der Waals surface area contributed by atoms with E-state index >= 15 is 0 Å². The highest BCUT2D eigenvalue weighted by Gasteiger charge is 2.39. The molecule has 1 aliphatic heterocycles. The van der Waals surface area contributed by atoms with Gasteiger partial charge < -0.3 is 15.2 Å². The van der Waals surface area contributed by atoms with E-state index in [1.165, 1.54) is 11.6 Å². The first-order chi connectivity index (χ1) is 13.2.